The third kappa shape index (κ3) is 7.31. The normalized spacial score (nSPS) is 13.6. The number of rotatable bonds is 3. The van der Waals surface area contributed by atoms with Crippen molar-refractivity contribution in [1.29, 1.82) is 0 Å². The largest absolute Gasteiger partial charge is 0.354 e. The highest BCUT2D eigenvalue weighted by molar-refractivity contribution is 6.39. The average Bonchev–Trinajstić information content (AvgIpc) is 4.23. The summed E-state index contributed by atoms with van der Waals surface area (Å²) in [6.07, 6.45) is 8.98. The van der Waals surface area contributed by atoms with E-state index in [0.717, 1.165) is 83.6 Å². The second-order valence-corrected chi connectivity index (χ2v) is 25.3. The fraction of sp³-hybridized carbons (Fsp3) is 0.229. The van der Waals surface area contributed by atoms with Crippen LogP contribution in [0.15, 0.2) is 133 Å². The second-order valence-electron chi connectivity index (χ2n) is 25.3. The van der Waals surface area contributed by atoms with Crippen LogP contribution in [-0.4, -0.2) is 19.9 Å². The molecule has 0 amide bonds. The molecule has 2 N–H and O–H groups in total. The first-order valence-electron chi connectivity index (χ1n) is 26.5. The monoisotopic (exact) mass is 961 g/mol. The zero-order valence-electron chi connectivity index (χ0n) is 44.9. The summed E-state index contributed by atoms with van der Waals surface area (Å²) in [5.74, 6) is 0. The Labute approximate surface area is 434 Å². The van der Waals surface area contributed by atoms with Gasteiger partial charge < -0.3 is 9.97 Å². The number of nitrogens with zero attached hydrogens (tertiary/aromatic N) is 2. The maximum Gasteiger partial charge on any atom is 0.0737 e. The minimum atomic E-state index is -0.0945. The Balaban J connectivity index is 1.28. The lowest BCUT2D eigenvalue weighted by atomic mass is 9.78. The zero-order chi connectivity index (χ0) is 51.4. The molecule has 2 aliphatic heterocycles. The minimum absolute atomic E-state index is 0.0829. The van der Waals surface area contributed by atoms with Gasteiger partial charge in [-0.15, -0.1) is 0 Å². The molecule has 0 spiro atoms. The lowest BCUT2D eigenvalue weighted by Gasteiger charge is -2.26. The van der Waals surface area contributed by atoms with Crippen LogP contribution in [0.2, 0.25) is 0 Å². The van der Waals surface area contributed by atoms with E-state index < -0.39 is 0 Å². The number of benzene rings is 8. The van der Waals surface area contributed by atoms with Gasteiger partial charge >= 0.3 is 0 Å². The maximum absolute atomic E-state index is 5.84. The highest BCUT2D eigenvalue weighted by Crippen LogP contribution is 2.48. The molecule has 0 radical (unpaired) electrons. The zero-order valence-corrected chi connectivity index (χ0v) is 44.9. The van der Waals surface area contributed by atoms with Crippen LogP contribution in [-0.2, 0) is 21.7 Å². The number of H-pyrrole nitrogens is 2. The van der Waals surface area contributed by atoms with Crippen molar-refractivity contribution < 1.29 is 0 Å². The Kier molecular flexibility index (Phi) is 9.85. The average molecular weight is 961 g/mol. The van der Waals surface area contributed by atoms with Gasteiger partial charge in [0.1, 0.15) is 0 Å². The highest BCUT2D eigenvalue weighted by atomic mass is 14.8. The third-order valence-electron chi connectivity index (χ3n) is 16.0. The molecule has 3 aromatic heterocycles. The van der Waals surface area contributed by atoms with Gasteiger partial charge in [-0.2, -0.15) is 0 Å². The Morgan fingerprint density at radius 1 is 0.311 bits per heavy atom. The molecule has 0 aliphatic carbocycles. The van der Waals surface area contributed by atoms with Gasteiger partial charge in [0.25, 0.3) is 0 Å². The van der Waals surface area contributed by atoms with Crippen molar-refractivity contribution >= 4 is 100 Å². The minimum Gasteiger partial charge on any atom is -0.354 e. The molecule has 8 aromatic carbocycles. The number of hydrogen-bond acceptors (Lipinski definition) is 2. The molecule has 11 aromatic rings. The lowest BCUT2D eigenvalue weighted by molar-refractivity contribution is 0.568. The van der Waals surface area contributed by atoms with Crippen LogP contribution in [0.5, 0.6) is 0 Å². The number of hydrogen-bond donors (Lipinski definition) is 2. The van der Waals surface area contributed by atoms with E-state index in [1.807, 2.05) is 0 Å². The van der Waals surface area contributed by atoms with E-state index in [-0.39, 0.29) is 21.7 Å². The molecule has 0 atom stereocenters. The first-order valence-corrected chi connectivity index (χ1v) is 26.5. The first kappa shape index (κ1) is 46.0. The standard InChI is InChI=1S/C70H64N4/c1-67(2,3)45-31-43(32-46(36-45)68(4,5)6)61-54-27-25-52(71-54)60(39-17-14-13-15-18-39)53-26-28-56(72-53)62(44-33-47(69(7,8)9)37-48(34-44)70(10,11)12)58-38-51-50-35-42-20-16-19-40-21-22-41-23-24-49(64(50)63(41)59(40)42)65(66(51)74-58)57-30-29-55(61)73-57/h13-38,71,74H,1-12H3. The van der Waals surface area contributed by atoms with Gasteiger partial charge in [-0.1, -0.05) is 192 Å². The van der Waals surface area contributed by atoms with Crippen LogP contribution >= 0.6 is 0 Å². The number of fused-ring (bicyclic) bond motifs is 10. The molecule has 0 saturated heterocycles. The van der Waals surface area contributed by atoms with Crippen LogP contribution in [0.1, 0.15) is 128 Å². The first-order chi connectivity index (χ1) is 35.2. The van der Waals surface area contributed by atoms with Crippen molar-refractivity contribution in [1.82, 2.24) is 19.9 Å². The molecule has 0 saturated carbocycles. The molecule has 0 unspecified atom stereocenters. The van der Waals surface area contributed by atoms with Crippen molar-refractivity contribution in [3.63, 3.8) is 0 Å². The van der Waals surface area contributed by atoms with Gasteiger partial charge in [0.15, 0.2) is 0 Å². The molecule has 13 rings (SSSR count). The van der Waals surface area contributed by atoms with Gasteiger partial charge in [0.2, 0.25) is 0 Å². The fourth-order valence-corrected chi connectivity index (χ4v) is 11.8. The van der Waals surface area contributed by atoms with Crippen molar-refractivity contribution in [2.45, 2.75) is 105 Å². The van der Waals surface area contributed by atoms with Gasteiger partial charge in [-0.25, -0.2) is 9.97 Å². The Bertz CT molecular complexity index is 4310. The van der Waals surface area contributed by atoms with E-state index in [1.165, 1.54) is 70.7 Å². The summed E-state index contributed by atoms with van der Waals surface area (Å²) in [5, 5.41) is 12.3. The molecule has 5 heterocycles. The molecule has 0 fully saturated rings. The molecular weight excluding hydrogens is 897 g/mol. The summed E-state index contributed by atoms with van der Waals surface area (Å²) in [7, 11) is 0. The number of nitrogens with one attached hydrogen (secondary N) is 2. The maximum atomic E-state index is 5.84. The van der Waals surface area contributed by atoms with E-state index >= 15 is 0 Å². The topological polar surface area (TPSA) is 57.4 Å². The van der Waals surface area contributed by atoms with Crippen molar-refractivity contribution in [3.8, 4) is 33.4 Å². The summed E-state index contributed by atoms with van der Waals surface area (Å²) in [5.41, 5.74) is 19.2. The Hall–Kier alpha value is -7.82. The van der Waals surface area contributed by atoms with E-state index in [0.29, 0.717) is 0 Å². The predicted molar refractivity (Wildman–Crippen MR) is 320 cm³/mol. The summed E-state index contributed by atoms with van der Waals surface area (Å²) < 4.78 is 0. The lowest BCUT2D eigenvalue weighted by Crippen LogP contribution is -2.16. The van der Waals surface area contributed by atoms with E-state index in [2.05, 4.69) is 251 Å². The van der Waals surface area contributed by atoms with Gasteiger partial charge in [0, 0.05) is 44.0 Å². The fourth-order valence-electron chi connectivity index (χ4n) is 11.8. The van der Waals surface area contributed by atoms with Crippen LogP contribution < -0.4 is 0 Å². The molecule has 364 valence electrons. The smallest absolute Gasteiger partial charge is 0.0737 e. The molecule has 2 aliphatic rings. The third-order valence-corrected chi connectivity index (χ3v) is 16.0. The predicted octanol–water partition coefficient (Wildman–Crippen LogP) is 19.5. The van der Waals surface area contributed by atoms with Crippen LogP contribution in [0.25, 0.3) is 134 Å². The van der Waals surface area contributed by atoms with Crippen LogP contribution in [0, 0.1) is 0 Å². The van der Waals surface area contributed by atoms with Crippen molar-refractivity contribution in [2.24, 2.45) is 0 Å². The van der Waals surface area contributed by atoms with Crippen molar-refractivity contribution in [3.05, 3.63) is 178 Å². The van der Waals surface area contributed by atoms with E-state index in [9.17, 15) is 0 Å². The second kappa shape index (κ2) is 15.8. The molecule has 8 bridgehead atoms. The van der Waals surface area contributed by atoms with Gasteiger partial charge in [0.05, 0.1) is 28.3 Å². The van der Waals surface area contributed by atoms with Crippen LogP contribution in [0.4, 0.5) is 0 Å². The molecule has 74 heavy (non-hydrogen) atoms. The summed E-state index contributed by atoms with van der Waals surface area (Å²) in [6, 6.07) is 50.5. The summed E-state index contributed by atoms with van der Waals surface area (Å²) >= 11 is 0. The van der Waals surface area contributed by atoms with Gasteiger partial charge in [-0.3, -0.25) is 0 Å². The summed E-state index contributed by atoms with van der Waals surface area (Å²) in [6.45, 7) is 27.8. The van der Waals surface area contributed by atoms with Gasteiger partial charge in [-0.05, 0) is 152 Å². The van der Waals surface area contributed by atoms with Crippen LogP contribution in [0.3, 0.4) is 0 Å². The van der Waals surface area contributed by atoms with E-state index in [1.54, 1.807) is 0 Å². The quantitative estimate of drug-likeness (QED) is 0.137. The number of aromatic amines is 2. The summed E-state index contributed by atoms with van der Waals surface area (Å²) in [4.78, 5) is 19.8. The van der Waals surface area contributed by atoms with Crippen molar-refractivity contribution in [2.75, 3.05) is 0 Å². The Morgan fingerprint density at radius 3 is 1.34 bits per heavy atom. The molecule has 4 heteroatoms. The van der Waals surface area contributed by atoms with E-state index in [4.69, 9.17) is 9.97 Å². The molecule has 4 nitrogen and oxygen atoms in total. The highest BCUT2D eigenvalue weighted by Gasteiger charge is 2.27. The Morgan fingerprint density at radius 2 is 0.784 bits per heavy atom. The SMILES string of the molecule is CC(C)(C)c1cc(-c2c3nc(c4c5ccc6ccc7cccc8cc(c9cc([nH]c94)c(-c4cc(C(C)(C)C)cc(C(C)(C)C)c4)c4nc(c(-c9ccccc9)c9ccc2[nH]9)C=C4)c5c6c78)C=C3)cc(C(C)(C)C)c1. The molecular formula is C70H64N4. The number of aromatic nitrogens is 4.